The maximum absolute atomic E-state index is 15.0. The first-order valence-corrected chi connectivity index (χ1v) is 13.1. The van der Waals surface area contributed by atoms with Crippen LogP contribution < -0.4 is 15.4 Å². The van der Waals surface area contributed by atoms with Gasteiger partial charge in [-0.05, 0) is 47.5 Å². The molecule has 2 aliphatic heterocycles. The van der Waals surface area contributed by atoms with Gasteiger partial charge in [-0.1, -0.05) is 6.07 Å². The molecule has 0 atom stereocenters. The molecule has 198 valence electrons. The Morgan fingerprint density at radius 1 is 1.00 bits per heavy atom. The number of carbonyl (C=O) groups is 1. The van der Waals surface area contributed by atoms with Gasteiger partial charge in [0.05, 0.1) is 37.8 Å². The molecule has 38 heavy (non-hydrogen) atoms. The molecule has 1 amide bonds. The number of ether oxygens (including phenoxy) is 3. The van der Waals surface area contributed by atoms with E-state index in [9.17, 15) is 4.79 Å². The van der Waals surface area contributed by atoms with E-state index in [2.05, 4.69) is 28.0 Å². The standard InChI is InChI=1S/C29H31FN4O4/c30-25-17-19(1-4-27(25)38-14-7-33-5-10-36-11-6-33)26-18-24(29(31)35)23-16-20-15-21(34-8-12-37-13-9-34)2-3-22(20)28(23)32-26/h1-4,15,17-18H,5-14,16H2,(H2,31,35). The van der Waals surface area contributed by atoms with Crippen LogP contribution in [-0.2, 0) is 15.9 Å². The Kier molecular flexibility index (Phi) is 6.97. The molecule has 0 spiro atoms. The van der Waals surface area contributed by atoms with Crippen LogP contribution in [0.1, 0.15) is 21.5 Å². The van der Waals surface area contributed by atoms with Crippen LogP contribution in [-0.4, -0.2) is 81.5 Å². The van der Waals surface area contributed by atoms with E-state index >= 15 is 4.39 Å². The molecule has 2 saturated heterocycles. The number of rotatable bonds is 7. The molecule has 0 bridgehead atoms. The summed E-state index contributed by atoms with van der Waals surface area (Å²) >= 11 is 0. The molecule has 3 heterocycles. The molecular formula is C29H31FN4O4. The number of hydrogen-bond acceptors (Lipinski definition) is 7. The van der Waals surface area contributed by atoms with Crippen molar-refractivity contribution in [3.63, 3.8) is 0 Å². The fourth-order valence-corrected chi connectivity index (χ4v) is 5.39. The van der Waals surface area contributed by atoms with Gasteiger partial charge < -0.3 is 24.8 Å². The topological polar surface area (TPSA) is 90.2 Å². The summed E-state index contributed by atoms with van der Waals surface area (Å²) in [5, 5.41) is 0. The van der Waals surface area contributed by atoms with Gasteiger partial charge in [-0.3, -0.25) is 9.69 Å². The Morgan fingerprint density at radius 3 is 2.50 bits per heavy atom. The molecule has 2 aromatic carbocycles. The number of carbonyl (C=O) groups excluding carboxylic acids is 1. The summed E-state index contributed by atoms with van der Waals surface area (Å²) in [6.07, 6.45) is 0.582. The lowest BCUT2D eigenvalue weighted by Gasteiger charge is -2.29. The third-order valence-corrected chi connectivity index (χ3v) is 7.47. The minimum absolute atomic E-state index is 0.194. The zero-order valence-electron chi connectivity index (χ0n) is 21.2. The third-order valence-electron chi connectivity index (χ3n) is 7.47. The van der Waals surface area contributed by atoms with Crippen molar-refractivity contribution in [2.24, 2.45) is 5.73 Å². The SMILES string of the molecule is NC(=O)c1cc(-c2ccc(OCCN3CCOCC3)c(F)c2)nc2c1Cc1cc(N3CCOCC3)ccc1-2. The van der Waals surface area contributed by atoms with Crippen LogP contribution in [0.5, 0.6) is 5.75 Å². The molecule has 0 radical (unpaired) electrons. The number of anilines is 1. The quantitative estimate of drug-likeness (QED) is 0.402. The molecule has 1 aromatic heterocycles. The van der Waals surface area contributed by atoms with Crippen molar-refractivity contribution in [3.8, 4) is 28.3 Å². The molecule has 2 fully saturated rings. The number of aromatic nitrogens is 1. The average Bonchev–Trinajstić information content (AvgIpc) is 3.32. The van der Waals surface area contributed by atoms with Crippen molar-refractivity contribution in [2.45, 2.75) is 6.42 Å². The van der Waals surface area contributed by atoms with Gasteiger partial charge in [0.1, 0.15) is 6.61 Å². The van der Waals surface area contributed by atoms with Gasteiger partial charge in [0, 0.05) is 61.5 Å². The number of nitrogens with zero attached hydrogens (tertiary/aromatic N) is 3. The van der Waals surface area contributed by atoms with Gasteiger partial charge in [-0.25, -0.2) is 9.37 Å². The molecule has 9 heteroatoms. The second-order valence-corrected chi connectivity index (χ2v) is 9.81. The molecule has 6 rings (SSSR count). The van der Waals surface area contributed by atoms with E-state index in [0.29, 0.717) is 62.8 Å². The summed E-state index contributed by atoms with van der Waals surface area (Å²) in [5.41, 5.74) is 12.0. The molecule has 0 unspecified atom stereocenters. The van der Waals surface area contributed by atoms with E-state index in [1.807, 2.05) is 0 Å². The van der Waals surface area contributed by atoms with Crippen molar-refractivity contribution in [2.75, 3.05) is 70.7 Å². The molecule has 8 nitrogen and oxygen atoms in total. The van der Waals surface area contributed by atoms with Gasteiger partial charge in [0.15, 0.2) is 11.6 Å². The summed E-state index contributed by atoms with van der Waals surface area (Å²) in [6, 6.07) is 12.8. The summed E-state index contributed by atoms with van der Waals surface area (Å²) in [7, 11) is 0. The lowest BCUT2D eigenvalue weighted by atomic mass is 10.0. The molecule has 0 saturated carbocycles. The van der Waals surface area contributed by atoms with Gasteiger partial charge in [0.2, 0.25) is 5.91 Å². The van der Waals surface area contributed by atoms with Crippen LogP contribution in [0.4, 0.5) is 10.1 Å². The van der Waals surface area contributed by atoms with E-state index < -0.39 is 11.7 Å². The van der Waals surface area contributed by atoms with Crippen LogP contribution in [0.2, 0.25) is 0 Å². The summed E-state index contributed by atoms with van der Waals surface area (Å²) in [5.74, 6) is -0.795. The van der Waals surface area contributed by atoms with E-state index in [1.54, 1.807) is 18.2 Å². The van der Waals surface area contributed by atoms with E-state index in [1.165, 1.54) is 6.07 Å². The first kappa shape index (κ1) is 24.8. The highest BCUT2D eigenvalue weighted by Crippen LogP contribution is 2.40. The summed E-state index contributed by atoms with van der Waals surface area (Å²) < 4.78 is 31.5. The number of halogens is 1. The average molecular weight is 519 g/mol. The smallest absolute Gasteiger partial charge is 0.249 e. The van der Waals surface area contributed by atoms with Gasteiger partial charge in [-0.15, -0.1) is 0 Å². The minimum atomic E-state index is -0.519. The lowest BCUT2D eigenvalue weighted by molar-refractivity contribution is 0.0320. The molecule has 3 aliphatic rings. The molecular weight excluding hydrogens is 487 g/mol. The van der Waals surface area contributed by atoms with Crippen LogP contribution in [0, 0.1) is 5.82 Å². The third kappa shape index (κ3) is 4.97. The van der Waals surface area contributed by atoms with Crippen molar-refractivity contribution >= 4 is 11.6 Å². The minimum Gasteiger partial charge on any atom is -0.489 e. The number of pyridine rings is 1. The maximum Gasteiger partial charge on any atom is 0.249 e. The second kappa shape index (κ2) is 10.7. The second-order valence-electron chi connectivity index (χ2n) is 9.81. The fraction of sp³-hybridized carbons (Fsp3) is 0.379. The number of nitrogens with two attached hydrogens (primary N) is 1. The zero-order chi connectivity index (χ0) is 26.1. The summed E-state index contributed by atoms with van der Waals surface area (Å²) in [4.78, 5) is 21.9. The highest BCUT2D eigenvalue weighted by atomic mass is 19.1. The number of fused-ring (bicyclic) bond motifs is 3. The number of morpholine rings is 2. The van der Waals surface area contributed by atoms with Gasteiger partial charge in [0.25, 0.3) is 0 Å². The Labute approximate surface area is 221 Å². The number of amides is 1. The van der Waals surface area contributed by atoms with Crippen molar-refractivity contribution < 1.29 is 23.4 Å². The van der Waals surface area contributed by atoms with Crippen molar-refractivity contribution in [1.29, 1.82) is 0 Å². The van der Waals surface area contributed by atoms with Gasteiger partial charge in [-0.2, -0.15) is 0 Å². The molecule has 1 aliphatic carbocycles. The van der Waals surface area contributed by atoms with E-state index in [0.717, 1.165) is 54.3 Å². The first-order chi connectivity index (χ1) is 18.6. The monoisotopic (exact) mass is 518 g/mol. The first-order valence-electron chi connectivity index (χ1n) is 13.1. The zero-order valence-corrected chi connectivity index (χ0v) is 21.2. The van der Waals surface area contributed by atoms with E-state index in [-0.39, 0.29) is 5.75 Å². The Hall–Kier alpha value is -3.53. The van der Waals surface area contributed by atoms with Crippen LogP contribution in [0.15, 0.2) is 42.5 Å². The Morgan fingerprint density at radius 2 is 1.76 bits per heavy atom. The number of benzene rings is 2. The maximum atomic E-state index is 15.0. The highest BCUT2D eigenvalue weighted by molar-refractivity contribution is 5.98. The highest BCUT2D eigenvalue weighted by Gasteiger charge is 2.27. The van der Waals surface area contributed by atoms with Crippen LogP contribution in [0.3, 0.4) is 0 Å². The van der Waals surface area contributed by atoms with E-state index in [4.69, 9.17) is 24.9 Å². The normalized spacial score (nSPS) is 17.2. The van der Waals surface area contributed by atoms with Crippen LogP contribution in [0.25, 0.3) is 22.5 Å². The Bertz CT molecular complexity index is 1350. The Balaban J connectivity index is 1.25. The number of primary amides is 1. The largest absolute Gasteiger partial charge is 0.489 e. The number of hydrogen-bond donors (Lipinski definition) is 1. The fourth-order valence-electron chi connectivity index (χ4n) is 5.39. The van der Waals surface area contributed by atoms with Crippen molar-refractivity contribution in [1.82, 2.24) is 9.88 Å². The van der Waals surface area contributed by atoms with Crippen molar-refractivity contribution in [3.05, 3.63) is 65.0 Å². The summed E-state index contributed by atoms with van der Waals surface area (Å²) in [6.45, 7) is 7.35. The lowest BCUT2D eigenvalue weighted by Crippen LogP contribution is -2.38. The molecule has 3 aromatic rings. The predicted molar refractivity (Wildman–Crippen MR) is 142 cm³/mol. The van der Waals surface area contributed by atoms with Crippen LogP contribution >= 0.6 is 0 Å². The van der Waals surface area contributed by atoms with Gasteiger partial charge >= 0.3 is 0 Å². The molecule has 2 N–H and O–H groups in total. The predicted octanol–water partition coefficient (Wildman–Crippen LogP) is 3.11.